The van der Waals surface area contributed by atoms with Crippen LogP contribution >= 0.6 is 15.9 Å². The Morgan fingerprint density at radius 1 is 1.29 bits per heavy atom. The summed E-state index contributed by atoms with van der Waals surface area (Å²) in [5.74, 6) is 0.512. The quantitative estimate of drug-likeness (QED) is 0.688. The number of alkyl halides is 2. The van der Waals surface area contributed by atoms with Crippen LogP contribution in [0.15, 0.2) is 27.7 Å². The molecule has 1 aliphatic carbocycles. The van der Waals surface area contributed by atoms with Crippen LogP contribution in [-0.4, -0.2) is 35.5 Å². The average Bonchev–Trinajstić information content (AvgIpc) is 2.92. The average molecular weight is 458 g/mol. The van der Waals surface area contributed by atoms with Gasteiger partial charge in [0, 0.05) is 10.5 Å². The van der Waals surface area contributed by atoms with Gasteiger partial charge >= 0.3 is 6.61 Å². The van der Waals surface area contributed by atoms with Gasteiger partial charge in [-0.05, 0) is 75.1 Å². The van der Waals surface area contributed by atoms with Crippen LogP contribution in [0.1, 0.15) is 56.7 Å². The Balaban J connectivity index is 1.75. The summed E-state index contributed by atoms with van der Waals surface area (Å²) in [6.07, 6.45) is 3.35. The molecule has 1 fully saturated rings. The van der Waals surface area contributed by atoms with Crippen molar-refractivity contribution in [1.82, 2.24) is 4.90 Å². The van der Waals surface area contributed by atoms with Crippen molar-refractivity contribution in [2.45, 2.75) is 70.8 Å². The molecule has 5 nitrogen and oxygen atoms in total. The van der Waals surface area contributed by atoms with Gasteiger partial charge in [-0.15, -0.1) is 0 Å². The van der Waals surface area contributed by atoms with Crippen LogP contribution in [-0.2, 0) is 16.0 Å². The first kappa shape index (κ1) is 21.2. The molecule has 1 saturated carbocycles. The van der Waals surface area contributed by atoms with Gasteiger partial charge in [0.15, 0.2) is 12.0 Å². The van der Waals surface area contributed by atoms with Crippen molar-refractivity contribution in [2.24, 2.45) is 16.6 Å². The second-order valence-corrected chi connectivity index (χ2v) is 8.69. The first-order valence-electron chi connectivity index (χ1n) is 9.64. The largest absolute Gasteiger partial charge is 0.369 e. The summed E-state index contributed by atoms with van der Waals surface area (Å²) in [6.45, 7) is 1.11. The van der Waals surface area contributed by atoms with E-state index in [1.807, 2.05) is 32.0 Å². The molecule has 0 aromatic heterocycles. The third-order valence-electron chi connectivity index (χ3n) is 5.50. The predicted molar refractivity (Wildman–Crippen MR) is 107 cm³/mol. The van der Waals surface area contributed by atoms with Crippen LogP contribution in [0.4, 0.5) is 8.78 Å². The molecule has 0 spiro atoms. The fraction of sp³-hybridized carbons (Fsp3) is 0.600. The number of amides is 1. The summed E-state index contributed by atoms with van der Waals surface area (Å²) in [6, 6.07) is 5.22. The van der Waals surface area contributed by atoms with Gasteiger partial charge in [-0.25, -0.2) is 4.99 Å². The van der Waals surface area contributed by atoms with Crippen LogP contribution in [0.25, 0.3) is 0 Å². The normalized spacial score (nSPS) is 25.7. The SMILES string of the molecule is CC(C)N1C(=O)C(c2cc(Br)ccc2C[C@H]2CC[C@@H](OC(F)F)CC2)N=C1N. The summed E-state index contributed by atoms with van der Waals surface area (Å²) in [5, 5.41) is 0. The summed E-state index contributed by atoms with van der Waals surface area (Å²) < 4.78 is 30.3. The molecule has 8 heteroatoms. The predicted octanol–water partition coefficient (Wildman–Crippen LogP) is 4.40. The molecule has 28 heavy (non-hydrogen) atoms. The molecule has 154 valence electrons. The van der Waals surface area contributed by atoms with E-state index < -0.39 is 12.7 Å². The van der Waals surface area contributed by atoms with Crippen LogP contribution in [0.5, 0.6) is 0 Å². The van der Waals surface area contributed by atoms with Gasteiger partial charge in [-0.1, -0.05) is 22.0 Å². The number of benzene rings is 1. The summed E-state index contributed by atoms with van der Waals surface area (Å²) in [5.41, 5.74) is 7.91. The molecule has 0 radical (unpaired) electrons. The third-order valence-corrected chi connectivity index (χ3v) is 5.99. The number of nitrogens with zero attached hydrogens (tertiary/aromatic N) is 2. The molecule has 1 heterocycles. The van der Waals surface area contributed by atoms with Crippen molar-refractivity contribution in [3.8, 4) is 0 Å². The smallest absolute Gasteiger partial charge is 0.345 e. The van der Waals surface area contributed by atoms with Gasteiger partial charge in [0.25, 0.3) is 5.91 Å². The number of aliphatic imine (C=N–C) groups is 1. The minimum atomic E-state index is -2.71. The van der Waals surface area contributed by atoms with Gasteiger partial charge in [0.1, 0.15) is 0 Å². The van der Waals surface area contributed by atoms with Crippen molar-refractivity contribution >= 4 is 27.8 Å². The first-order chi connectivity index (χ1) is 13.3. The Morgan fingerprint density at radius 3 is 2.54 bits per heavy atom. The second kappa shape index (κ2) is 8.86. The van der Waals surface area contributed by atoms with Crippen molar-refractivity contribution in [2.75, 3.05) is 0 Å². The molecule has 0 bridgehead atoms. The highest BCUT2D eigenvalue weighted by atomic mass is 79.9. The maximum absolute atomic E-state index is 12.9. The Hall–Kier alpha value is -1.54. The van der Waals surface area contributed by atoms with Gasteiger partial charge < -0.3 is 10.5 Å². The molecule has 1 amide bonds. The monoisotopic (exact) mass is 457 g/mol. The van der Waals surface area contributed by atoms with Crippen LogP contribution in [0.2, 0.25) is 0 Å². The summed E-state index contributed by atoms with van der Waals surface area (Å²) in [7, 11) is 0. The van der Waals surface area contributed by atoms with E-state index in [9.17, 15) is 13.6 Å². The minimum absolute atomic E-state index is 0.0537. The lowest BCUT2D eigenvalue weighted by atomic mass is 9.82. The number of ether oxygens (including phenoxy) is 1. The number of nitrogens with two attached hydrogens (primary N) is 1. The van der Waals surface area contributed by atoms with Gasteiger partial charge in [0.2, 0.25) is 0 Å². The number of carbonyl (C=O) groups is 1. The highest BCUT2D eigenvalue weighted by Gasteiger charge is 2.37. The van der Waals surface area contributed by atoms with E-state index in [1.165, 1.54) is 4.90 Å². The third kappa shape index (κ3) is 4.71. The summed E-state index contributed by atoms with van der Waals surface area (Å²) >= 11 is 3.49. The molecular formula is C20H26BrF2N3O2. The maximum Gasteiger partial charge on any atom is 0.345 e. The number of guanidine groups is 1. The van der Waals surface area contributed by atoms with E-state index in [2.05, 4.69) is 25.7 Å². The van der Waals surface area contributed by atoms with Gasteiger partial charge in [-0.3, -0.25) is 9.69 Å². The number of rotatable bonds is 6. The fourth-order valence-corrected chi connectivity index (χ4v) is 4.53. The maximum atomic E-state index is 12.9. The standard InChI is InChI=1S/C20H26BrF2N3O2/c1-11(2)26-18(27)17(25-20(26)24)16-10-14(21)6-5-13(16)9-12-3-7-15(8-4-12)28-19(22)23/h5-6,10-12,15,17,19H,3-4,7-9H2,1-2H3,(H2,24,25)/t12-,15+,17?. The second-order valence-electron chi connectivity index (χ2n) is 7.78. The number of hydrogen-bond acceptors (Lipinski definition) is 4. The molecule has 1 atom stereocenters. The summed E-state index contributed by atoms with van der Waals surface area (Å²) in [4.78, 5) is 18.8. The van der Waals surface area contributed by atoms with Gasteiger partial charge in [-0.2, -0.15) is 8.78 Å². The molecule has 1 aliphatic heterocycles. The highest BCUT2D eigenvalue weighted by molar-refractivity contribution is 9.10. The number of halogens is 3. The Labute approximate surface area is 172 Å². The van der Waals surface area contributed by atoms with E-state index in [0.717, 1.165) is 34.9 Å². The van der Waals surface area contributed by atoms with Crippen molar-refractivity contribution in [3.05, 3.63) is 33.8 Å². The molecule has 2 N–H and O–H groups in total. The van der Waals surface area contributed by atoms with Crippen LogP contribution in [0, 0.1) is 5.92 Å². The lowest BCUT2D eigenvalue weighted by Crippen LogP contribution is -2.42. The van der Waals surface area contributed by atoms with Gasteiger partial charge in [0.05, 0.1) is 6.10 Å². The molecule has 3 rings (SSSR count). The van der Waals surface area contributed by atoms with Crippen molar-refractivity contribution < 1.29 is 18.3 Å². The topological polar surface area (TPSA) is 67.9 Å². The van der Waals surface area contributed by atoms with Crippen LogP contribution < -0.4 is 5.73 Å². The number of hydrogen-bond donors (Lipinski definition) is 1. The van der Waals surface area contributed by atoms with E-state index in [4.69, 9.17) is 5.73 Å². The van der Waals surface area contributed by atoms with E-state index in [-0.39, 0.29) is 24.0 Å². The lowest BCUT2D eigenvalue weighted by Gasteiger charge is -2.29. The molecule has 1 aromatic rings. The Morgan fingerprint density at radius 2 is 1.96 bits per heavy atom. The zero-order valence-corrected chi connectivity index (χ0v) is 17.7. The zero-order valence-electron chi connectivity index (χ0n) is 16.1. The molecule has 1 unspecified atom stereocenters. The van der Waals surface area contributed by atoms with Crippen molar-refractivity contribution in [3.63, 3.8) is 0 Å². The first-order valence-corrected chi connectivity index (χ1v) is 10.4. The zero-order chi connectivity index (χ0) is 20.4. The van der Waals surface area contributed by atoms with E-state index >= 15 is 0 Å². The molecular weight excluding hydrogens is 432 g/mol. The molecule has 1 aromatic carbocycles. The molecule has 0 saturated heterocycles. The Kier molecular flexibility index (Phi) is 6.70. The fourth-order valence-electron chi connectivity index (χ4n) is 4.15. The van der Waals surface area contributed by atoms with Crippen molar-refractivity contribution in [1.29, 1.82) is 0 Å². The highest BCUT2D eigenvalue weighted by Crippen LogP contribution is 2.35. The van der Waals surface area contributed by atoms with E-state index in [1.54, 1.807) is 0 Å². The van der Waals surface area contributed by atoms with Crippen LogP contribution in [0.3, 0.4) is 0 Å². The minimum Gasteiger partial charge on any atom is -0.369 e. The Bertz CT molecular complexity index is 749. The number of carbonyl (C=O) groups excluding carboxylic acids is 1. The lowest BCUT2D eigenvalue weighted by molar-refractivity contribution is -0.171. The molecule has 2 aliphatic rings. The van der Waals surface area contributed by atoms with E-state index in [0.29, 0.717) is 18.8 Å².